The fraction of sp³-hybridized carbons (Fsp3) is 0.500. The largest absolute Gasteiger partial charge is 0.344 e. The molecule has 1 amide bonds. The first-order chi connectivity index (χ1) is 8.41. The zero-order valence-corrected chi connectivity index (χ0v) is 13.2. The van der Waals surface area contributed by atoms with Gasteiger partial charge in [-0.2, -0.15) is 0 Å². The zero-order valence-electron chi connectivity index (χ0n) is 11.6. The van der Waals surface area contributed by atoms with Crippen LogP contribution in [0.4, 0.5) is 0 Å². The summed E-state index contributed by atoms with van der Waals surface area (Å²) in [6.45, 7) is 4.58. The summed E-state index contributed by atoms with van der Waals surface area (Å²) in [5, 5.41) is 0.727. The first kappa shape index (κ1) is 18.2. The zero-order chi connectivity index (χ0) is 13.7. The van der Waals surface area contributed by atoms with E-state index in [1.54, 1.807) is 11.9 Å². The van der Waals surface area contributed by atoms with Gasteiger partial charge >= 0.3 is 0 Å². The van der Waals surface area contributed by atoms with Crippen LogP contribution in [-0.2, 0) is 11.2 Å². The van der Waals surface area contributed by atoms with Crippen LogP contribution in [0.5, 0.6) is 0 Å². The van der Waals surface area contributed by atoms with Crippen molar-refractivity contribution in [2.75, 3.05) is 13.6 Å². The Hall–Kier alpha value is -0.770. The minimum Gasteiger partial charge on any atom is -0.344 e. The Morgan fingerprint density at radius 3 is 2.32 bits per heavy atom. The first-order valence-corrected chi connectivity index (χ1v) is 6.54. The Balaban J connectivity index is 0.00000324. The maximum atomic E-state index is 11.9. The van der Waals surface area contributed by atoms with Gasteiger partial charge in [-0.25, -0.2) is 0 Å². The Kier molecular flexibility index (Phi) is 8.07. The summed E-state index contributed by atoms with van der Waals surface area (Å²) in [6.07, 6.45) is 0.810. The van der Waals surface area contributed by atoms with E-state index in [0.29, 0.717) is 6.54 Å². The van der Waals surface area contributed by atoms with E-state index in [4.69, 9.17) is 17.3 Å². The number of rotatable bonds is 5. The summed E-state index contributed by atoms with van der Waals surface area (Å²) in [5.41, 5.74) is 7.01. The molecule has 0 aliphatic carbocycles. The Morgan fingerprint density at radius 2 is 1.84 bits per heavy atom. The molecule has 0 radical (unpaired) electrons. The van der Waals surface area contributed by atoms with Gasteiger partial charge in [0.05, 0.1) is 6.04 Å². The van der Waals surface area contributed by atoms with E-state index in [-0.39, 0.29) is 24.2 Å². The van der Waals surface area contributed by atoms with Gasteiger partial charge in [-0.05, 0) is 30.0 Å². The number of hydrogen-bond donors (Lipinski definition) is 1. The normalized spacial score (nSPS) is 11.9. The molecule has 1 aromatic rings. The van der Waals surface area contributed by atoms with E-state index < -0.39 is 6.04 Å². The van der Waals surface area contributed by atoms with Crippen LogP contribution < -0.4 is 5.73 Å². The van der Waals surface area contributed by atoms with Crippen LogP contribution in [-0.4, -0.2) is 30.4 Å². The van der Waals surface area contributed by atoms with Gasteiger partial charge in [-0.1, -0.05) is 37.6 Å². The SMILES string of the molecule is CC(C)[C@H](N)C(=O)N(C)CCc1ccc(Cl)cc1.Cl. The lowest BCUT2D eigenvalue weighted by molar-refractivity contribution is -0.132. The maximum Gasteiger partial charge on any atom is 0.239 e. The van der Waals surface area contributed by atoms with Crippen molar-refractivity contribution in [3.8, 4) is 0 Å². The molecule has 0 aliphatic rings. The molecule has 1 aromatic carbocycles. The van der Waals surface area contributed by atoms with Gasteiger partial charge in [0.1, 0.15) is 0 Å². The number of likely N-dealkylation sites (N-methyl/N-ethyl adjacent to an activating group) is 1. The maximum absolute atomic E-state index is 11.9. The van der Waals surface area contributed by atoms with Gasteiger partial charge in [0, 0.05) is 18.6 Å². The van der Waals surface area contributed by atoms with Crippen molar-refractivity contribution in [1.29, 1.82) is 0 Å². The van der Waals surface area contributed by atoms with Gasteiger partial charge < -0.3 is 10.6 Å². The summed E-state index contributed by atoms with van der Waals surface area (Å²) in [6, 6.07) is 7.25. The van der Waals surface area contributed by atoms with Crippen molar-refractivity contribution < 1.29 is 4.79 Å². The lowest BCUT2D eigenvalue weighted by Gasteiger charge is -2.23. The molecule has 0 heterocycles. The quantitative estimate of drug-likeness (QED) is 0.909. The van der Waals surface area contributed by atoms with Crippen molar-refractivity contribution in [3.63, 3.8) is 0 Å². The molecule has 1 atom stereocenters. The lowest BCUT2D eigenvalue weighted by atomic mass is 10.0. The van der Waals surface area contributed by atoms with Gasteiger partial charge in [-0.3, -0.25) is 4.79 Å². The second-order valence-electron chi connectivity index (χ2n) is 4.91. The molecule has 5 heteroatoms. The van der Waals surface area contributed by atoms with Crippen LogP contribution in [0.2, 0.25) is 5.02 Å². The molecular weight excluding hydrogens is 283 g/mol. The third kappa shape index (κ3) is 5.81. The van der Waals surface area contributed by atoms with Crippen LogP contribution in [0, 0.1) is 5.92 Å². The molecule has 0 aromatic heterocycles. The number of hydrogen-bond acceptors (Lipinski definition) is 2. The number of nitrogens with two attached hydrogens (primary N) is 1. The number of halogens is 2. The van der Waals surface area contributed by atoms with Gasteiger partial charge in [-0.15, -0.1) is 12.4 Å². The summed E-state index contributed by atoms with van der Waals surface area (Å²) in [5.74, 6) is 0.162. The molecule has 0 fully saturated rings. The Morgan fingerprint density at radius 1 is 1.32 bits per heavy atom. The second-order valence-corrected chi connectivity index (χ2v) is 5.34. The lowest BCUT2D eigenvalue weighted by Crippen LogP contribution is -2.45. The van der Waals surface area contributed by atoms with Gasteiger partial charge in [0.15, 0.2) is 0 Å². The van der Waals surface area contributed by atoms with Gasteiger partial charge in [0.2, 0.25) is 5.91 Å². The molecule has 0 saturated heterocycles. The van der Waals surface area contributed by atoms with Gasteiger partial charge in [0.25, 0.3) is 0 Å². The van der Waals surface area contributed by atoms with Crippen LogP contribution in [0.25, 0.3) is 0 Å². The van der Waals surface area contributed by atoms with Crippen molar-refractivity contribution in [2.24, 2.45) is 11.7 Å². The van der Waals surface area contributed by atoms with Crippen molar-refractivity contribution >= 4 is 29.9 Å². The number of nitrogens with zero attached hydrogens (tertiary/aromatic N) is 1. The van der Waals surface area contributed by atoms with E-state index in [1.165, 1.54) is 0 Å². The minimum absolute atomic E-state index is 0. The molecule has 0 bridgehead atoms. The molecule has 19 heavy (non-hydrogen) atoms. The summed E-state index contributed by atoms with van der Waals surface area (Å²) < 4.78 is 0. The van der Waals surface area contributed by atoms with Crippen LogP contribution >= 0.6 is 24.0 Å². The molecule has 0 spiro atoms. The molecule has 108 valence electrons. The monoisotopic (exact) mass is 304 g/mol. The average molecular weight is 305 g/mol. The predicted octanol–water partition coefficient (Wildman–Crippen LogP) is 2.75. The summed E-state index contributed by atoms with van der Waals surface area (Å²) in [4.78, 5) is 13.6. The number of amides is 1. The van der Waals surface area contributed by atoms with E-state index in [1.807, 2.05) is 38.1 Å². The molecule has 2 N–H and O–H groups in total. The highest BCUT2D eigenvalue weighted by molar-refractivity contribution is 6.30. The fourth-order valence-electron chi connectivity index (χ4n) is 1.60. The van der Waals surface area contributed by atoms with Crippen LogP contribution in [0.1, 0.15) is 19.4 Å². The van der Waals surface area contributed by atoms with E-state index in [0.717, 1.165) is 17.0 Å². The predicted molar refractivity (Wildman–Crippen MR) is 82.9 cm³/mol. The topological polar surface area (TPSA) is 46.3 Å². The number of carbonyl (C=O) groups is 1. The van der Waals surface area contributed by atoms with Crippen molar-refractivity contribution in [1.82, 2.24) is 4.90 Å². The molecular formula is C14H22Cl2N2O. The third-order valence-corrected chi connectivity index (χ3v) is 3.28. The van der Waals surface area contributed by atoms with Crippen LogP contribution in [0.3, 0.4) is 0 Å². The molecule has 0 saturated carbocycles. The molecule has 1 rings (SSSR count). The smallest absolute Gasteiger partial charge is 0.239 e. The Bertz CT molecular complexity index is 393. The van der Waals surface area contributed by atoms with E-state index >= 15 is 0 Å². The summed E-state index contributed by atoms with van der Waals surface area (Å²) in [7, 11) is 1.79. The highest BCUT2D eigenvalue weighted by Crippen LogP contribution is 2.10. The average Bonchev–Trinajstić information content (AvgIpc) is 2.35. The molecule has 0 unspecified atom stereocenters. The van der Waals surface area contributed by atoms with Crippen molar-refractivity contribution in [2.45, 2.75) is 26.3 Å². The van der Waals surface area contributed by atoms with Crippen molar-refractivity contribution in [3.05, 3.63) is 34.9 Å². The first-order valence-electron chi connectivity index (χ1n) is 6.17. The highest BCUT2D eigenvalue weighted by atomic mass is 35.5. The van der Waals surface area contributed by atoms with E-state index in [2.05, 4.69) is 0 Å². The second kappa shape index (κ2) is 8.41. The number of carbonyl (C=O) groups excluding carboxylic acids is 1. The fourth-order valence-corrected chi connectivity index (χ4v) is 1.72. The van der Waals surface area contributed by atoms with E-state index in [9.17, 15) is 4.79 Å². The molecule has 3 nitrogen and oxygen atoms in total. The number of benzene rings is 1. The van der Waals surface area contributed by atoms with Crippen LogP contribution in [0.15, 0.2) is 24.3 Å². The Labute approximate surface area is 126 Å². The third-order valence-electron chi connectivity index (χ3n) is 3.03. The minimum atomic E-state index is -0.416. The molecule has 0 aliphatic heterocycles. The summed E-state index contributed by atoms with van der Waals surface area (Å²) >= 11 is 5.82. The highest BCUT2D eigenvalue weighted by Gasteiger charge is 2.20. The standard InChI is InChI=1S/C14H21ClN2O.ClH/c1-10(2)13(16)14(18)17(3)9-8-11-4-6-12(15)7-5-11;/h4-7,10,13H,8-9,16H2,1-3H3;1H/t13-;/m0./s1.